The third-order valence-corrected chi connectivity index (χ3v) is 4.51. The van der Waals surface area contributed by atoms with Gasteiger partial charge in [-0.15, -0.1) is 0 Å². The molecule has 1 aliphatic heterocycles. The first-order valence-corrected chi connectivity index (χ1v) is 7.03. The first kappa shape index (κ1) is 12.7. The molecule has 0 saturated carbocycles. The molecule has 3 nitrogen and oxygen atoms in total. The zero-order chi connectivity index (χ0) is 13.5. The van der Waals surface area contributed by atoms with Gasteiger partial charge in [-0.25, -0.2) is 0 Å². The molecule has 1 aliphatic rings. The summed E-state index contributed by atoms with van der Waals surface area (Å²) in [5.41, 5.74) is 11.4. The number of aromatic amines is 1. The first-order chi connectivity index (χ1) is 9.16. The summed E-state index contributed by atoms with van der Waals surface area (Å²) in [6.07, 6.45) is 2.04. The van der Waals surface area contributed by atoms with Crippen molar-refractivity contribution in [3.05, 3.63) is 35.0 Å². The van der Waals surface area contributed by atoms with E-state index in [-0.39, 0.29) is 5.41 Å². The average molecular weight is 258 g/mol. The molecule has 1 aromatic heterocycles. The minimum Gasteiger partial charge on any atom is -0.381 e. The largest absolute Gasteiger partial charge is 0.381 e. The fraction of sp³-hybridized carbons (Fsp3) is 0.500. The minimum atomic E-state index is 0.0778. The highest BCUT2D eigenvalue weighted by molar-refractivity contribution is 5.86. The Kier molecular flexibility index (Phi) is 3.11. The van der Waals surface area contributed by atoms with Crippen LogP contribution in [-0.4, -0.2) is 24.7 Å². The highest BCUT2D eigenvalue weighted by Gasteiger charge is 2.36. The van der Waals surface area contributed by atoms with E-state index >= 15 is 0 Å². The molecule has 0 unspecified atom stereocenters. The topological polar surface area (TPSA) is 51.0 Å². The normalized spacial score (nSPS) is 18.9. The molecule has 1 aromatic carbocycles. The Hall–Kier alpha value is -1.32. The fourth-order valence-corrected chi connectivity index (χ4v) is 3.44. The Balaban J connectivity index is 2.22. The number of nitrogens with one attached hydrogen (secondary N) is 1. The predicted molar refractivity (Wildman–Crippen MR) is 78.6 cm³/mol. The number of fused-ring (bicyclic) bond motifs is 1. The molecule has 3 N–H and O–H groups in total. The molecule has 0 aliphatic carbocycles. The number of ether oxygens (including phenoxy) is 1. The lowest BCUT2D eigenvalue weighted by molar-refractivity contribution is 0.0532. The fourth-order valence-electron chi connectivity index (χ4n) is 3.44. The van der Waals surface area contributed by atoms with Crippen LogP contribution in [0.1, 0.15) is 29.7 Å². The maximum atomic E-state index is 6.16. The van der Waals surface area contributed by atoms with Crippen molar-refractivity contribution < 1.29 is 4.74 Å². The molecule has 0 radical (unpaired) electrons. The molecule has 0 bridgehead atoms. The summed E-state index contributed by atoms with van der Waals surface area (Å²) < 4.78 is 5.53. The van der Waals surface area contributed by atoms with Gasteiger partial charge in [-0.1, -0.05) is 11.6 Å². The van der Waals surface area contributed by atoms with E-state index in [0.29, 0.717) is 6.54 Å². The highest BCUT2D eigenvalue weighted by Crippen LogP contribution is 2.40. The van der Waals surface area contributed by atoms with Gasteiger partial charge in [0.1, 0.15) is 0 Å². The van der Waals surface area contributed by atoms with Gasteiger partial charge in [0.25, 0.3) is 0 Å². The van der Waals surface area contributed by atoms with Gasteiger partial charge in [0.05, 0.1) is 0 Å². The van der Waals surface area contributed by atoms with E-state index in [2.05, 4.69) is 37.0 Å². The van der Waals surface area contributed by atoms with Crippen LogP contribution in [0.25, 0.3) is 10.9 Å². The average Bonchev–Trinajstić information content (AvgIpc) is 2.75. The summed E-state index contributed by atoms with van der Waals surface area (Å²) in [6.45, 7) is 6.63. The van der Waals surface area contributed by atoms with E-state index in [1.165, 1.54) is 27.7 Å². The second-order valence-electron chi connectivity index (χ2n) is 5.77. The van der Waals surface area contributed by atoms with Crippen LogP contribution in [-0.2, 0) is 10.2 Å². The first-order valence-electron chi connectivity index (χ1n) is 7.03. The molecule has 0 atom stereocenters. The third kappa shape index (κ3) is 1.97. The number of hydrogen-bond donors (Lipinski definition) is 2. The Morgan fingerprint density at radius 3 is 2.68 bits per heavy atom. The molecule has 102 valence electrons. The summed E-state index contributed by atoms with van der Waals surface area (Å²) in [4.78, 5) is 3.51. The quantitative estimate of drug-likeness (QED) is 0.870. The second-order valence-corrected chi connectivity index (χ2v) is 5.77. The van der Waals surface area contributed by atoms with Crippen molar-refractivity contribution in [3.63, 3.8) is 0 Å². The monoisotopic (exact) mass is 258 g/mol. The number of benzene rings is 1. The van der Waals surface area contributed by atoms with Crippen molar-refractivity contribution in [1.29, 1.82) is 0 Å². The van der Waals surface area contributed by atoms with E-state index in [1.807, 2.05) is 0 Å². The number of nitrogens with two attached hydrogens (primary N) is 1. The minimum absolute atomic E-state index is 0.0778. The van der Waals surface area contributed by atoms with Gasteiger partial charge in [0.15, 0.2) is 0 Å². The van der Waals surface area contributed by atoms with Crippen molar-refractivity contribution in [2.75, 3.05) is 19.8 Å². The zero-order valence-corrected chi connectivity index (χ0v) is 11.8. The van der Waals surface area contributed by atoms with Crippen LogP contribution >= 0.6 is 0 Å². The summed E-state index contributed by atoms with van der Waals surface area (Å²) in [5, 5.41) is 1.34. The summed E-state index contributed by atoms with van der Waals surface area (Å²) >= 11 is 0. The van der Waals surface area contributed by atoms with Crippen LogP contribution in [0.5, 0.6) is 0 Å². The number of rotatable bonds is 2. The SMILES string of the molecule is Cc1ccc2[nH]c(C)c(C3(CN)CCOCC3)c2c1. The van der Waals surface area contributed by atoms with E-state index in [9.17, 15) is 0 Å². The molecule has 0 spiro atoms. The van der Waals surface area contributed by atoms with Gasteiger partial charge in [0.2, 0.25) is 0 Å². The summed E-state index contributed by atoms with van der Waals surface area (Å²) in [6, 6.07) is 6.60. The van der Waals surface area contributed by atoms with Crippen molar-refractivity contribution in [3.8, 4) is 0 Å². The van der Waals surface area contributed by atoms with Gasteiger partial charge in [-0.05, 0) is 44.4 Å². The highest BCUT2D eigenvalue weighted by atomic mass is 16.5. The van der Waals surface area contributed by atoms with Gasteiger partial charge >= 0.3 is 0 Å². The second kappa shape index (κ2) is 4.66. The molecular formula is C16H22N2O. The molecular weight excluding hydrogens is 236 g/mol. The van der Waals surface area contributed by atoms with E-state index < -0.39 is 0 Å². The number of H-pyrrole nitrogens is 1. The molecule has 3 rings (SSSR count). The lowest BCUT2D eigenvalue weighted by Gasteiger charge is -2.37. The summed E-state index contributed by atoms with van der Waals surface area (Å²) in [5.74, 6) is 0. The maximum Gasteiger partial charge on any atom is 0.0475 e. The molecule has 2 aromatic rings. The van der Waals surface area contributed by atoms with Crippen molar-refractivity contribution >= 4 is 10.9 Å². The van der Waals surface area contributed by atoms with E-state index in [4.69, 9.17) is 10.5 Å². The van der Waals surface area contributed by atoms with Crippen LogP contribution < -0.4 is 5.73 Å². The Labute approximate surface area is 114 Å². The standard InChI is InChI=1S/C16H22N2O/c1-11-3-4-14-13(9-11)15(12(2)18-14)16(10-17)5-7-19-8-6-16/h3-4,9,18H,5-8,10,17H2,1-2H3. The van der Waals surface area contributed by atoms with E-state index in [1.54, 1.807) is 0 Å². The molecule has 19 heavy (non-hydrogen) atoms. The Bertz CT molecular complexity index is 594. The van der Waals surface area contributed by atoms with Crippen LogP contribution in [0.15, 0.2) is 18.2 Å². The third-order valence-electron chi connectivity index (χ3n) is 4.51. The molecule has 0 amide bonds. The maximum absolute atomic E-state index is 6.16. The smallest absolute Gasteiger partial charge is 0.0475 e. The van der Waals surface area contributed by atoms with Gasteiger partial charge in [-0.3, -0.25) is 0 Å². The molecule has 1 fully saturated rings. The lowest BCUT2D eigenvalue weighted by atomic mass is 9.73. The number of aromatic nitrogens is 1. The molecule has 1 saturated heterocycles. The number of hydrogen-bond acceptors (Lipinski definition) is 2. The van der Waals surface area contributed by atoms with Crippen molar-refractivity contribution in [2.24, 2.45) is 5.73 Å². The summed E-state index contributed by atoms with van der Waals surface area (Å²) in [7, 11) is 0. The van der Waals surface area contributed by atoms with Crippen molar-refractivity contribution in [2.45, 2.75) is 32.1 Å². The van der Waals surface area contributed by atoms with Crippen molar-refractivity contribution in [1.82, 2.24) is 4.98 Å². The number of aryl methyl sites for hydroxylation is 2. The van der Waals surface area contributed by atoms with Crippen LogP contribution in [0.3, 0.4) is 0 Å². The lowest BCUT2D eigenvalue weighted by Crippen LogP contribution is -2.41. The molecule has 3 heteroatoms. The van der Waals surface area contributed by atoms with Crippen LogP contribution in [0.2, 0.25) is 0 Å². The van der Waals surface area contributed by atoms with Gasteiger partial charge in [0, 0.05) is 41.8 Å². The van der Waals surface area contributed by atoms with Gasteiger partial charge in [-0.2, -0.15) is 0 Å². The zero-order valence-electron chi connectivity index (χ0n) is 11.8. The Morgan fingerprint density at radius 1 is 1.26 bits per heavy atom. The van der Waals surface area contributed by atoms with E-state index in [0.717, 1.165) is 26.1 Å². The molecule has 2 heterocycles. The predicted octanol–water partition coefficient (Wildman–Crippen LogP) is 2.79. The van der Waals surface area contributed by atoms with Gasteiger partial charge < -0.3 is 15.5 Å². The van der Waals surface area contributed by atoms with Crippen LogP contribution in [0.4, 0.5) is 0 Å². The Morgan fingerprint density at radius 2 is 2.00 bits per heavy atom. The van der Waals surface area contributed by atoms with Crippen LogP contribution in [0, 0.1) is 13.8 Å².